The van der Waals surface area contributed by atoms with Crippen LogP contribution in [0.5, 0.6) is 0 Å². The molecule has 6 saturated carbocycles. The largest absolute Gasteiger partial charge is 0.311 e. The van der Waals surface area contributed by atoms with E-state index in [9.17, 15) is 10.5 Å². The Bertz CT molecular complexity index is 2930. The quantitative estimate of drug-likeness (QED) is 0.130. The summed E-state index contributed by atoms with van der Waals surface area (Å²) in [5, 5.41) is 21.5. The van der Waals surface area contributed by atoms with E-state index in [0.717, 1.165) is 83.8 Å². The topological polar surface area (TPSA) is 54.1 Å². The van der Waals surface area contributed by atoms with Gasteiger partial charge in [-0.15, -0.1) is 0 Å². The zero-order valence-electron chi connectivity index (χ0n) is 35.9. The maximum absolute atomic E-state index is 11.1. The average molecular weight is 825 g/mol. The van der Waals surface area contributed by atoms with E-state index in [4.69, 9.17) is 0 Å². The van der Waals surface area contributed by atoms with Crippen LogP contribution in [-0.2, 0) is 16.2 Å². The molecule has 64 heavy (non-hydrogen) atoms. The highest BCUT2D eigenvalue weighted by atomic mass is 15.1. The van der Waals surface area contributed by atoms with Crippen molar-refractivity contribution < 1.29 is 0 Å². The predicted molar refractivity (Wildman–Crippen MR) is 258 cm³/mol. The number of nitriles is 2. The minimum absolute atomic E-state index is 0.0815. The molecule has 4 heteroatoms. The lowest BCUT2D eigenvalue weighted by Crippen LogP contribution is -2.70. The number of nitrogens with zero attached hydrogens (tertiary/aromatic N) is 4. The first-order valence-corrected chi connectivity index (χ1v) is 22.8. The van der Waals surface area contributed by atoms with Gasteiger partial charge in [-0.2, -0.15) is 10.5 Å². The molecule has 7 aromatic carbocycles. The van der Waals surface area contributed by atoms with Crippen molar-refractivity contribution in [3.63, 3.8) is 0 Å². The van der Waals surface area contributed by atoms with E-state index in [1.54, 1.807) is 0 Å². The van der Waals surface area contributed by atoms with Crippen LogP contribution < -0.4 is 9.80 Å². The molecule has 0 amide bonds. The van der Waals surface area contributed by atoms with E-state index >= 15 is 0 Å². The zero-order valence-corrected chi connectivity index (χ0v) is 35.9. The van der Waals surface area contributed by atoms with Crippen LogP contribution in [0.25, 0.3) is 5.57 Å². The number of para-hydroxylation sites is 4. The first kappa shape index (κ1) is 38.3. The van der Waals surface area contributed by atoms with Gasteiger partial charge in [-0.3, -0.25) is 0 Å². The SMILES string of the molecule is N#CC1=CC(C#N)(C23CC(c4ccc(N(c5ccccc5)c5ccccc5)cc4)(C2)C3)CC(c2cccc(C34CC(c5ccc(N(c6ccccc6)c6ccccc6)cc5)(C3)C4)c2)=C1. The molecule has 7 aromatic rings. The van der Waals surface area contributed by atoms with Gasteiger partial charge in [0.05, 0.1) is 17.6 Å². The molecule has 0 saturated heterocycles. The van der Waals surface area contributed by atoms with Crippen LogP contribution in [0.2, 0.25) is 0 Å². The maximum Gasteiger partial charge on any atom is 0.0988 e. The van der Waals surface area contributed by atoms with Gasteiger partial charge in [0.1, 0.15) is 0 Å². The summed E-state index contributed by atoms with van der Waals surface area (Å²) in [6, 6.07) is 75.0. The smallest absolute Gasteiger partial charge is 0.0988 e. The Labute approximate surface area is 376 Å². The average Bonchev–Trinajstić information content (AvgIpc) is 3.30. The zero-order chi connectivity index (χ0) is 43.0. The van der Waals surface area contributed by atoms with Crippen molar-refractivity contribution in [2.24, 2.45) is 10.8 Å². The van der Waals surface area contributed by atoms with Gasteiger partial charge in [0.25, 0.3) is 0 Å². The normalized spacial score (nSPS) is 26.8. The maximum atomic E-state index is 11.1. The van der Waals surface area contributed by atoms with E-state index in [1.165, 1.54) is 16.7 Å². The summed E-state index contributed by atoms with van der Waals surface area (Å²) < 4.78 is 0. The molecule has 0 N–H and O–H groups in total. The summed E-state index contributed by atoms with van der Waals surface area (Å²) >= 11 is 0. The van der Waals surface area contributed by atoms with Gasteiger partial charge in [0.15, 0.2) is 0 Å². The second-order valence-corrected chi connectivity index (χ2v) is 19.5. The minimum atomic E-state index is -0.708. The fraction of sp³-hybridized carbons (Fsp3) is 0.200. The van der Waals surface area contributed by atoms with Crippen LogP contribution in [-0.4, -0.2) is 0 Å². The number of benzene rings is 7. The van der Waals surface area contributed by atoms with Crippen molar-refractivity contribution in [2.45, 2.75) is 61.2 Å². The third-order valence-corrected chi connectivity index (χ3v) is 15.9. The Morgan fingerprint density at radius 1 is 0.406 bits per heavy atom. The lowest BCUT2D eigenvalue weighted by molar-refractivity contribution is -0.191. The van der Waals surface area contributed by atoms with Crippen LogP contribution in [0.1, 0.15) is 67.2 Å². The fourth-order valence-corrected chi connectivity index (χ4v) is 12.8. The van der Waals surface area contributed by atoms with E-state index < -0.39 is 5.41 Å². The lowest BCUT2D eigenvalue weighted by Gasteiger charge is -2.75. The van der Waals surface area contributed by atoms with Crippen LogP contribution in [0.4, 0.5) is 34.1 Å². The van der Waals surface area contributed by atoms with Gasteiger partial charge in [-0.1, -0.05) is 121 Å². The van der Waals surface area contributed by atoms with Crippen LogP contribution >= 0.6 is 0 Å². The summed E-state index contributed by atoms with van der Waals surface area (Å²) in [4.78, 5) is 4.62. The van der Waals surface area contributed by atoms with E-state index in [2.05, 4.69) is 222 Å². The number of hydrogen-bond acceptors (Lipinski definition) is 4. The molecule has 4 bridgehead atoms. The van der Waals surface area contributed by atoms with Crippen LogP contribution in [0.3, 0.4) is 0 Å². The molecule has 6 fully saturated rings. The number of hydrogen-bond donors (Lipinski definition) is 0. The van der Waals surface area contributed by atoms with Gasteiger partial charge in [0, 0.05) is 39.7 Å². The van der Waals surface area contributed by atoms with E-state index in [0.29, 0.717) is 12.0 Å². The number of anilines is 6. The first-order valence-electron chi connectivity index (χ1n) is 22.8. The van der Waals surface area contributed by atoms with E-state index in [1.807, 2.05) is 6.08 Å². The van der Waals surface area contributed by atoms with Crippen molar-refractivity contribution in [3.8, 4) is 12.1 Å². The molecule has 0 radical (unpaired) electrons. The fourth-order valence-electron chi connectivity index (χ4n) is 12.8. The molecule has 308 valence electrons. The second-order valence-electron chi connectivity index (χ2n) is 19.5. The summed E-state index contributed by atoms with van der Waals surface area (Å²) in [7, 11) is 0. The Kier molecular flexibility index (Phi) is 8.57. The Morgan fingerprint density at radius 3 is 1.23 bits per heavy atom. The molecule has 7 aliphatic rings. The summed E-state index contributed by atoms with van der Waals surface area (Å²) in [6.07, 6.45) is 11.1. The Morgan fingerprint density at radius 2 is 0.812 bits per heavy atom. The van der Waals surface area contributed by atoms with Crippen molar-refractivity contribution in [1.82, 2.24) is 0 Å². The molecule has 14 rings (SSSR count). The van der Waals surface area contributed by atoms with Crippen molar-refractivity contribution >= 4 is 39.7 Å². The second kappa shape index (κ2) is 14.3. The van der Waals surface area contributed by atoms with Crippen LogP contribution in [0, 0.1) is 33.5 Å². The van der Waals surface area contributed by atoms with Gasteiger partial charge in [-0.05, 0) is 179 Å². The molecule has 1 atom stereocenters. The highest BCUT2D eigenvalue weighted by Crippen LogP contribution is 2.81. The molecule has 0 aliphatic heterocycles. The third-order valence-electron chi connectivity index (χ3n) is 15.9. The molecular formula is C60H48N4. The number of allylic oxidation sites excluding steroid dienone is 4. The van der Waals surface area contributed by atoms with Crippen molar-refractivity contribution in [2.75, 3.05) is 9.80 Å². The summed E-state index contributed by atoms with van der Waals surface area (Å²) in [6.45, 7) is 0. The molecule has 0 spiro atoms. The lowest BCUT2D eigenvalue weighted by atomic mass is 9.27. The standard InChI is InChI=1S/C60H48N4/c61-36-44-32-46(35-59(34-44,43-62)60-40-58(41-60,42-60)48-26-30-55(31-27-48)64(52-20-9-3-10-21-52)53-22-11-4-12-23-53)45-14-13-15-49(33-45)57-37-56(38-57,39-57)47-24-28-54(29-25-47)63(50-16-5-1-6-17-50)51-18-7-2-8-19-51/h1-34H,35,37-42H2. The molecule has 7 aliphatic carbocycles. The Hall–Kier alpha value is -7.40. The Balaban J connectivity index is 0.750. The predicted octanol–water partition coefficient (Wildman–Crippen LogP) is 14.9. The van der Waals surface area contributed by atoms with E-state index in [-0.39, 0.29) is 21.7 Å². The third kappa shape index (κ3) is 5.79. The monoisotopic (exact) mass is 824 g/mol. The summed E-state index contributed by atoms with van der Waals surface area (Å²) in [5.41, 5.74) is 13.5. The van der Waals surface area contributed by atoms with Crippen molar-refractivity contribution in [3.05, 3.63) is 234 Å². The van der Waals surface area contributed by atoms with Gasteiger partial charge in [-0.25, -0.2) is 0 Å². The molecular weight excluding hydrogens is 777 g/mol. The van der Waals surface area contributed by atoms with Gasteiger partial charge in [0.2, 0.25) is 0 Å². The molecule has 0 heterocycles. The first-order chi connectivity index (χ1) is 31.4. The summed E-state index contributed by atoms with van der Waals surface area (Å²) in [5.74, 6) is 0. The minimum Gasteiger partial charge on any atom is -0.311 e. The van der Waals surface area contributed by atoms with Gasteiger partial charge < -0.3 is 9.80 Å². The van der Waals surface area contributed by atoms with Crippen LogP contribution in [0.15, 0.2) is 212 Å². The highest BCUT2D eigenvalue weighted by Gasteiger charge is 2.75. The number of rotatable bonds is 11. The molecule has 4 nitrogen and oxygen atoms in total. The van der Waals surface area contributed by atoms with Crippen molar-refractivity contribution in [1.29, 1.82) is 10.5 Å². The molecule has 0 aromatic heterocycles. The highest BCUT2D eigenvalue weighted by molar-refractivity contribution is 5.79. The molecule has 1 unspecified atom stereocenters. The van der Waals surface area contributed by atoms with Gasteiger partial charge >= 0.3 is 0 Å².